The second-order valence-corrected chi connectivity index (χ2v) is 13.0. The zero-order valence-electron chi connectivity index (χ0n) is 22.5. The zero-order chi connectivity index (χ0) is 29.4. The third kappa shape index (κ3) is 8.46. The van der Waals surface area contributed by atoms with Crippen molar-refractivity contribution >= 4 is 66.7 Å². The van der Waals surface area contributed by atoms with Gasteiger partial charge in [0.15, 0.2) is 0 Å². The number of rotatable bonds is 12. The Balaban J connectivity index is 2.10. The van der Waals surface area contributed by atoms with Crippen molar-refractivity contribution in [1.82, 2.24) is 10.2 Å². The summed E-state index contributed by atoms with van der Waals surface area (Å²) in [6, 6.07) is 18.4. The molecule has 3 rings (SSSR count). The maximum absolute atomic E-state index is 14.1. The maximum Gasteiger partial charge on any atom is 0.244 e. The molecule has 11 heteroatoms. The van der Waals surface area contributed by atoms with Crippen LogP contribution in [0.15, 0.2) is 71.2 Å². The number of carbonyl (C=O) groups is 2. The minimum atomic E-state index is -3.87. The largest absolute Gasteiger partial charge is 0.354 e. The fourth-order valence-corrected chi connectivity index (χ4v) is 5.78. The summed E-state index contributed by atoms with van der Waals surface area (Å²) >= 11 is 16.4. The van der Waals surface area contributed by atoms with E-state index in [1.807, 2.05) is 44.2 Å². The average molecular weight is 669 g/mol. The first-order valence-corrected chi connectivity index (χ1v) is 16.1. The molecule has 2 amide bonds. The normalized spacial score (nSPS) is 12.1. The average Bonchev–Trinajstić information content (AvgIpc) is 2.90. The summed E-state index contributed by atoms with van der Waals surface area (Å²) in [4.78, 5) is 29.0. The van der Waals surface area contributed by atoms with Gasteiger partial charge in [0.2, 0.25) is 21.8 Å². The Labute approximate surface area is 254 Å². The number of halogens is 3. The predicted octanol–water partition coefficient (Wildman–Crippen LogP) is 6.00. The molecule has 3 aromatic carbocycles. The van der Waals surface area contributed by atoms with Gasteiger partial charge in [-0.1, -0.05) is 82.5 Å². The number of carbonyl (C=O) groups excluding carboxylic acids is 2. The lowest BCUT2D eigenvalue weighted by Crippen LogP contribution is -2.53. The van der Waals surface area contributed by atoms with Crippen LogP contribution in [0.3, 0.4) is 0 Å². The van der Waals surface area contributed by atoms with Gasteiger partial charge >= 0.3 is 0 Å². The molecule has 7 nitrogen and oxygen atoms in total. The second-order valence-electron chi connectivity index (χ2n) is 9.42. The number of amides is 2. The lowest BCUT2D eigenvalue weighted by Gasteiger charge is -2.34. The maximum atomic E-state index is 14.1. The van der Waals surface area contributed by atoms with Crippen molar-refractivity contribution in [3.05, 3.63) is 97.9 Å². The summed E-state index contributed by atoms with van der Waals surface area (Å²) in [6.45, 7) is 3.57. The fraction of sp³-hybridized carbons (Fsp3) is 0.310. The quantitative estimate of drug-likeness (QED) is 0.257. The minimum absolute atomic E-state index is 0.0919. The van der Waals surface area contributed by atoms with Crippen LogP contribution in [0, 0.1) is 6.92 Å². The van der Waals surface area contributed by atoms with Crippen molar-refractivity contribution in [3.63, 3.8) is 0 Å². The van der Waals surface area contributed by atoms with E-state index in [0.29, 0.717) is 34.3 Å². The molecule has 0 aliphatic rings. The van der Waals surface area contributed by atoms with Crippen LogP contribution < -0.4 is 9.62 Å². The predicted molar refractivity (Wildman–Crippen MR) is 165 cm³/mol. The van der Waals surface area contributed by atoms with Gasteiger partial charge in [-0.2, -0.15) is 0 Å². The molecule has 0 radical (unpaired) electrons. The van der Waals surface area contributed by atoms with Crippen LogP contribution >= 0.6 is 39.1 Å². The molecule has 0 saturated heterocycles. The third-order valence-electron chi connectivity index (χ3n) is 6.32. The highest BCUT2D eigenvalue weighted by atomic mass is 79.9. The molecule has 1 unspecified atom stereocenters. The van der Waals surface area contributed by atoms with Crippen molar-refractivity contribution in [3.8, 4) is 0 Å². The number of aryl methyl sites for hydroxylation is 1. The van der Waals surface area contributed by atoms with Crippen molar-refractivity contribution in [2.45, 2.75) is 39.3 Å². The van der Waals surface area contributed by atoms with E-state index < -0.39 is 28.5 Å². The number of nitrogens with zero attached hydrogens (tertiary/aromatic N) is 2. The zero-order valence-corrected chi connectivity index (χ0v) is 26.4. The van der Waals surface area contributed by atoms with Gasteiger partial charge in [0, 0.05) is 39.6 Å². The highest BCUT2D eigenvalue weighted by Gasteiger charge is 2.33. The molecule has 0 bridgehead atoms. The van der Waals surface area contributed by atoms with Gasteiger partial charge in [0.1, 0.15) is 12.6 Å². The molecule has 1 atom stereocenters. The van der Waals surface area contributed by atoms with E-state index in [1.54, 1.807) is 36.4 Å². The van der Waals surface area contributed by atoms with E-state index in [4.69, 9.17) is 23.2 Å². The molecule has 0 saturated carbocycles. The van der Waals surface area contributed by atoms with E-state index in [9.17, 15) is 18.0 Å². The smallest absolute Gasteiger partial charge is 0.244 e. The Bertz CT molecular complexity index is 1430. The lowest BCUT2D eigenvalue weighted by molar-refractivity contribution is -0.140. The fourth-order valence-electron chi connectivity index (χ4n) is 4.17. The van der Waals surface area contributed by atoms with E-state index >= 15 is 0 Å². The molecule has 0 aromatic heterocycles. The molecule has 3 aromatic rings. The Morgan fingerprint density at radius 1 is 1.00 bits per heavy atom. The van der Waals surface area contributed by atoms with Gasteiger partial charge in [-0.25, -0.2) is 8.42 Å². The van der Waals surface area contributed by atoms with Crippen LogP contribution in [0.25, 0.3) is 0 Å². The summed E-state index contributed by atoms with van der Waals surface area (Å²) < 4.78 is 27.7. The Kier molecular flexibility index (Phi) is 11.5. The van der Waals surface area contributed by atoms with Crippen molar-refractivity contribution < 1.29 is 18.0 Å². The van der Waals surface area contributed by atoms with E-state index in [1.165, 1.54) is 4.90 Å². The standard InChI is InChI=1S/C29H32BrCl2N3O4S/c1-4-15-33-29(37)27(17-21-9-6-5-7-10-21)34(18-23-25(31)11-8-12-26(23)32)28(36)19-35(40(3,38)39)22-13-14-24(30)20(2)16-22/h5-14,16,27H,4,15,17-19H2,1-3H3,(H,33,37). The van der Waals surface area contributed by atoms with Crippen LogP contribution in [0.5, 0.6) is 0 Å². The summed E-state index contributed by atoms with van der Waals surface area (Å²) in [5.74, 6) is -0.929. The first kappa shape index (κ1) is 31.9. The van der Waals surface area contributed by atoms with Gasteiger partial charge in [-0.05, 0) is 54.8 Å². The van der Waals surface area contributed by atoms with Crippen molar-refractivity contribution in [1.29, 1.82) is 0 Å². The molecular formula is C29H32BrCl2N3O4S. The van der Waals surface area contributed by atoms with Crippen molar-refractivity contribution in [2.24, 2.45) is 0 Å². The van der Waals surface area contributed by atoms with E-state index in [0.717, 1.165) is 26.2 Å². The molecule has 0 spiro atoms. The number of sulfonamides is 1. The third-order valence-corrected chi connectivity index (χ3v) is 9.06. The first-order chi connectivity index (χ1) is 18.9. The number of nitrogens with one attached hydrogen (secondary N) is 1. The first-order valence-electron chi connectivity index (χ1n) is 12.7. The summed E-state index contributed by atoms with van der Waals surface area (Å²) in [5.41, 5.74) is 2.44. The topological polar surface area (TPSA) is 86.8 Å². The molecule has 1 N–H and O–H groups in total. The Morgan fingerprint density at radius 2 is 1.65 bits per heavy atom. The molecular weight excluding hydrogens is 637 g/mol. The Hall–Kier alpha value is -2.59. The SMILES string of the molecule is CCCNC(=O)C(Cc1ccccc1)N(Cc1c(Cl)cccc1Cl)C(=O)CN(c1ccc(Br)c(C)c1)S(C)(=O)=O. The number of hydrogen-bond donors (Lipinski definition) is 1. The van der Waals surface area contributed by atoms with E-state index in [2.05, 4.69) is 21.2 Å². The second kappa shape index (κ2) is 14.3. The van der Waals surface area contributed by atoms with Crippen molar-refractivity contribution in [2.75, 3.05) is 23.7 Å². The van der Waals surface area contributed by atoms with Crippen LogP contribution in [-0.4, -0.2) is 50.5 Å². The molecule has 0 aliphatic carbocycles. The highest BCUT2D eigenvalue weighted by Crippen LogP contribution is 2.29. The number of benzene rings is 3. The molecule has 214 valence electrons. The van der Waals surface area contributed by atoms with Gasteiger partial charge in [-0.3, -0.25) is 13.9 Å². The van der Waals surface area contributed by atoms with Crippen LogP contribution in [0.2, 0.25) is 10.0 Å². The number of anilines is 1. The minimum Gasteiger partial charge on any atom is -0.354 e. The van der Waals surface area contributed by atoms with Gasteiger partial charge < -0.3 is 10.2 Å². The van der Waals surface area contributed by atoms with Gasteiger partial charge in [0.25, 0.3) is 0 Å². The van der Waals surface area contributed by atoms with E-state index in [-0.39, 0.29) is 18.9 Å². The molecule has 0 fully saturated rings. The Morgan fingerprint density at radius 3 is 2.23 bits per heavy atom. The monoisotopic (exact) mass is 667 g/mol. The summed E-state index contributed by atoms with van der Waals surface area (Å²) in [6.07, 6.45) is 1.96. The van der Waals surface area contributed by atoms with Crippen LogP contribution in [0.1, 0.15) is 30.0 Å². The highest BCUT2D eigenvalue weighted by molar-refractivity contribution is 9.10. The lowest BCUT2D eigenvalue weighted by atomic mass is 10.0. The molecule has 40 heavy (non-hydrogen) atoms. The molecule has 0 heterocycles. The van der Waals surface area contributed by atoms with Gasteiger partial charge in [-0.15, -0.1) is 0 Å². The number of hydrogen-bond acceptors (Lipinski definition) is 4. The van der Waals surface area contributed by atoms with Crippen LogP contribution in [-0.2, 0) is 32.6 Å². The van der Waals surface area contributed by atoms with Crippen LogP contribution in [0.4, 0.5) is 5.69 Å². The summed E-state index contributed by atoms with van der Waals surface area (Å²) in [7, 11) is -3.87. The molecule has 0 aliphatic heterocycles. The van der Waals surface area contributed by atoms with Gasteiger partial charge in [0.05, 0.1) is 11.9 Å². The summed E-state index contributed by atoms with van der Waals surface area (Å²) in [5, 5.41) is 3.57.